The number of nitrogens with zero attached hydrogens (tertiary/aromatic N) is 2. The van der Waals surface area contributed by atoms with Gasteiger partial charge in [-0.3, -0.25) is 9.59 Å². The summed E-state index contributed by atoms with van der Waals surface area (Å²) in [6.07, 6.45) is 0.855. The molecule has 7 heteroatoms. The van der Waals surface area contributed by atoms with Gasteiger partial charge < -0.3 is 10.0 Å². The number of halogens is 1. The number of amides is 1. The number of aromatic nitrogens is 1. The van der Waals surface area contributed by atoms with Crippen molar-refractivity contribution in [2.75, 3.05) is 19.8 Å². The Kier molecular flexibility index (Phi) is 4.84. The number of aliphatic carboxylic acids is 1. The molecule has 1 amide bonds. The van der Waals surface area contributed by atoms with Gasteiger partial charge in [-0.2, -0.15) is 0 Å². The monoisotopic (exact) mass is 328 g/mol. The molecule has 1 unspecified atom stereocenters. The van der Waals surface area contributed by atoms with E-state index in [9.17, 15) is 19.1 Å². The van der Waals surface area contributed by atoms with E-state index in [-0.39, 0.29) is 25.4 Å². The first-order valence-electron chi connectivity index (χ1n) is 7.34. The Hall–Kier alpha value is -1.50. The first kappa shape index (κ1) is 16.9. The first-order chi connectivity index (χ1) is 10.3. The lowest BCUT2D eigenvalue weighted by atomic mass is 9.89. The molecule has 0 bridgehead atoms. The number of hydrogen-bond acceptors (Lipinski definition) is 4. The van der Waals surface area contributed by atoms with Gasteiger partial charge in [0.15, 0.2) is 0 Å². The average molecular weight is 328 g/mol. The number of carboxylic acid groups (broad SMARTS) is 1. The van der Waals surface area contributed by atoms with Gasteiger partial charge in [0.2, 0.25) is 0 Å². The minimum atomic E-state index is -1.45. The topological polar surface area (TPSA) is 70.5 Å². The standard InChI is InChI=1S/C15H21FN2O3S/c1-9(2)6-11-12(22-10(3)17-11)13(19)18-5-4-15(7-16,8-18)14(20)21/h9H,4-8H2,1-3H3,(H,20,21). The maximum atomic E-state index is 13.2. The molecule has 122 valence electrons. The number of carbonyl (C=O) groups is 2. The van der Waals surface area contributed by atoms with Gasteiger partial charge in [0.1, 0.15) is 17.0 Å². The van der Waals surface area contributed by atoms with Gasteiger partial charge in [0, 0.05) is 13.1 Å². The van der Waals surface area contributed by atoms with Gasteiger partial charge in [-0.1, -0.05) is 13.8 Å². The fourth-order valence-corrected chi connectivity index (χ4v) is 3.61. The Labute approximate surface area is 133 Å². The van der Waals surface area contributed by atoms with E-state index in [1.807, 2.05) is 6.92 Å². The van der Waals surface area contributed by atoms with Crippen LogP contribution in [0.1, 0.15) is 40.6 Å². The predicted molar refractivity (Wildman–Crippen MR) is 82.0 cm³/mol. The molecule has 1 aliphatic heterocycles. The minimum Gasteiger partial charge on any atom is -0.481 e. The molecular formula is C15H21FN2O3S. The highest BCUT2D eigenvalue weighted by atomic mass is 32.1. The zero-order valence-electron chi connectivity index (χ0n) is 13.1. The van der Waals surface area contributed by atoms with Gasteiger partial charge in [0.25, 0.3) is 5.91 Å². The fraction of sp³-hybridized carbons (Fsp3) is 0.667. The average Bonchev–Trinajstić information content (AvgIpc) is 3.02. The summed E-state index contributed by atoms with van der Waals surface area (Å²) in [5.74, 6) is -1.03. The van der Waals surface area contributed by atoms with Crippen LogP contribution >= 0.6 is 11.3 Å². The maximum Gasteiger partial charge on any atom is 0.314 e. The highest BCUT2D eigenvalue weighted by molar-refractivity contribution is 7.13. The summed E-state index contributed by atoms with van der Waals surface area (Å²) < 4.78 is 13.2. The molecule has 0 radical (unpaired) electrons. The number of thiazole rings is 1. The molecule has 0 spiro atoms. The Morgan fingerprint density at radius 2 is 2.18 bits per heavy atom. The molecule has 1 aliphatic rings. The van der Waals surface area contributed by atoms with E-state index < -0.39 is 18.1 Å². The van der Waals surface area contributed by atoms with Crippen molar-refractivity contribution in [1.82, 2.24) is 9.88 Å². The number of carboxylic acids is 1. The Balaban J connectivity index is 2.21. The van der Waals surface area contributed by atoms with E-state index in [4.69, 9.17) is 0 Å². The van der Waals surface area contributed by atoms with E-state index in [0.29, 0.717) is 17.2 Å². The molecule has 1 atom stereocenters. The lowest BCUT2D eigenvalue weighted by Gasteiger charge is -2.21. The van der Waals surface area contributed by atoms with Gasteiger partial charge in [0.05, 0.1) is 10.7 Å². The second-order valence-electron chi connectivity index (χ2n) is 6.30. The van der Waals surface area contributed by atoms with Crippen LogP contribution in [0, 0.1) is 18.3 Å². The van der Waals surface area contributed by atoms with Crippen molar-refractivity contribution in [1.29, 1.82) is 0 Å². The molecule has 2 rings (SSSR count). The summed E-state index contributed by atoms with van der Waals surface area (Å²) in [4.78, 5) is 30.4. The quantitative estimate of drug-likeness (QED) is 0.902. The molecule has 1 saturated heterocycles. The Morgan fingerprint density at radius 3 is 2.68 bits per heavy atom. The van der Waals surface area contributed by atoms with Gasteiger partial charge in [-0.15, -0.1) is 11.3 Å². The van der Waals surface area contributed by atoms with Gasteiger partial charge in [-0.05, 0) is 25.7 Å². The summed E-state index contributed by atoms with van der Waals surface area (Å²) in [5, 5.41) is 10.0. The molecule has 0 saturated carbocycles. The fourth-order valence-electron chi connectivity index (χ4n) is 2.69. The second kappa shape index (κ2) is 6.32. The zero-order chi connectivity index (χ0) is 16.5. The third-order valence-corrected chi connectivity index (χ3v) is 4.95. The Bertz CT molecular complexity index is 587. The predicted octanol–water partition coefficient (Wildman–Crippen LogP) is 2.54. The van der Waals surface area contributed by atoms with Crippen LogP contribution in [0.4, 0.5) is 4.39 Å². The number of carbonyl (C=O) groups excluding carboxylic acids is 1. The maximum absolute atomic E-state index is 13.2. The highest BCUT2D eigenvalue weighted by Gasteiger charge is 2.47. The summed E-state index contributed by atoms with van der Waals surface area (Å²) >= 11 is 1.32. The van der Waals surface area contributed by atoms with Crippen LogP contribution in [0.5, 0.6) is 0 Å². The summed E-state index contributed by atoms with van der Waals surface area (Å²) in [6, 6.07) is 0. The van der Waals surface area contributed by atoms with Crippen molar-refractivity contribution >= 4 is 23.2 Å². The molecule has 0 aromatic carbocycles. The van der Waals surface area contributed by atoms with Crippen molar-refractivity contribution in [3.63, 3.8) is 0 Å². The molecule has 22 heavy (non-hydrogen) atoms. The van der Waals surface area contributed by atoms with Gasteiger partial charge >= 0.3 is 5.97 Å². The van der Waals surface area contributed by atoms with E-state index in [0.717, 1.165) is 10.7 Å². The minimum absolute atomic E-state index is 0.0737. The Morgan fingerprint density at radius 1 is 1.50 bits per heavy atom. The zero-order valence-corrected chi connectivity index (χ0v) is 13.9. The normalized spacial score (nSPS) is 21.6. The SMILES string of the molecule is Cc1nc(CC(C)C)c(C(=O)N2CCC(CF)(C(=O)O)C2)s1. The number of likely N-dealkylation sites (tertiary alicyclic amines) is 1. The number of rotatable bonds is 5. The van der Waals surface area contributed by atoms with E-state index in [1.165, 1.54) is 16.2 Å². The second-order valence-corrected chi connectivity index (χ2v) is 7.51. The first-order valence-corrected chi connectivity index (χ1v) is 8.15. The van der Waals surface area contributed by atoms with Crippen LogP contribution in [0.3, 0.4) is 0 Å². The largest absolute Gasteiger partial charge is 0.481 e. The molecule has 1 fully saturated rings. The summed E-state index contributed by atoms with van der Waals surface area (Å²) in [6.45, 7) is 5.20. The molecule has 0 aliphatic carbocycles. The van der Waals surface area contributed by atoms with Crippen LogP contribution < -0.4 is 0 Å². The van der Waals surface area contributed by atoms with Crippen molar-refractivity contribution in [2.45, 2.75) is 33.6 Å². The number of aryl methyl sites for hydroxylation is 1. The number of alkyl halides is 1. The van der Waals surface area contributed by atoms with Crippen molar-refractivity contribution < 1.29 is 19.1 Å². The van der Waals surface area contributed by atoms with Crippen LogP contribution in [0.15, 0.2) is 0 Å². The van der Waals surface area contributed by atoms with Crippen LogP contribution in [0.2, 0.25) is 0 Å². The van der Waals surface area contributed by atoms with E-state index in [1.54, 1.807) is 0 Å². The molecule has 5 nitrogen and oxygen atoms in total. The van der Waals surface area contributed by atoms with Crippen LogP contribution in [0.25, 0.3) is 0 Å². The smallest absolute Gasteiger partial charge is 0.314 e. The molecule has 1 N–H and O–H groups in total. The third-order valence-electron chi connectivity index (χ3n) is 3.95. The number of hydrogen-bond donors (Lipinski definition) is 1. The molecule has 1 aromatic rings. The van der Waals surface area contributed by atoms with E-state index in [2.05, 4.69) is 18.8 Å². The van der Waals surface area contributed by atoms with Crippen molar-refractivity contribution in [2.24, 2.45) is 11.3 Å². The molecular weight excluding hydrogens is 307 g/mol. The summed E-state index contributed by atoms with van der Waals surface area (Å²) in [7, 11) is 0. The highest BCUT2D eigenvalue weighted by Crippen LogP contribution is 2.33. The van der Waals surface area contributed by atoms with Crippen molar-refractivity contribution in [3.05, 3.63) is 15.6 Å². The third kappa shape index (κ3) is 3.14. The van der Waals surface area contributed by atoms with Gasteiger partial charge in [-0.25, -0.2) is 9.37 Å². The van der Waals surface area contributed by atoms with E-state index >= 15 is 0 Å². The van der Waals surface area contributed by atoms with Crippen LogP contribution in [-0.2, 0) is 11.2 Å². The lowest BCUT2D eigenvalue weighted by molar-refractivity contribution is -0.149. The van der Waals surface area contributed by atoms with Crippen LogP contribution in [-0.4, -0.2) is 46.6 Å². The lowest BCUT2D eigenvalue weighted by Crippen LogP contribution is -2.38. The van der Waals surface area contributed by atoms with Crippen molar-refractivity contribution in [3.8, 4) is 0 Å². The molecule has 2 heterocycles. The molecule has 1 aromatic heterocycles. The summed E-state index contributed by atoms with van der Waals surface area (Å²) in [5.41, 5.74) is -0.691.